The Morgan fingerprint density at radius 1 is 1.26 bits per heavy atom. The molecule has 0 spiro atoms. The van der Waals surface area contributed by atoms with Crippen molar-refractivity contribution in [3.8, 4) is 0 Å². The first kappa shape index (κ1) is 17.9. The third-order valence-corrected chi connectivity index (χ3v) is 3.86. The van der Waals surface area contributed by atoms with Crippen LogP contribution in [0, 0.1) is 19.3 Å². The summed E-state index contributed by atoms with van der Waals surface area (Å²) in [6.07, 6.45) is 1.52. The highest BCUT2D eigenvalue weighted by Crippen LogP contribution is 2.27. The van der Waals surface area contributed by atoms with Crippen molar-refractivity contribution in [3.05, 3.63) is 29.3 Å². The molecule has 3 N–H and O–H groups in total. The van der Waals surface area contributed by atoms with Gasteiger partial charge in [0.05, 0.1) is 5.41 Å². The Bertz CT molecular complexity index is 420. The number of amides is 1. The van der Waals surface area contributed by atoms with Crippen molar-refractivity contribution in [2.45, 2.75) is 40.5 Å². The topological polar surface area (TPSA) is 55.1 Å². The average Bonchev–Trinajstić information content (AvgIpc) is 2.36. The number of anilines is 1. The van der Waals surface area contributed by atoms with E-state index in [1.54, 1.807) is 0 Å². The summed E-state index contributed by atoms with van der Waals surface area (Å²) in [4.78, 5) is 12.4. The van der Waals surface area contributed by atoms with E-state index in [0.29, 0.717) is 6.54 Å². The van der Waals surface area contributed by atoms with Gasteiger partial charge in [0.1, 0.15) is 0 Å². The predicted molar refractivity (Wildman–Crippen MR) is 83.9 cm³/mol. The van der Waals surface area contributed by atoms with E-state index >= 15 is 0 Å². The third-order valence-electron chi connectivity index (χ3n) is 3.86. The van der Waals surface area contributed by atoms with Gasteiger partial charge in [-0.2, -0.15) is 0 Å². The molecule has 0 unspecified atom stereocenters. The number of rotatable bonds is 5. The molecular weight excluding hydrogens is 260 g/mol. The van der Waals surface area contributed by atoms with Crippen LogP contribution < -0.4 is 11.1 Å². The molecular formula is C15H25ClN2O. The normalized spacial score (nSPS) is 10.8. The van der Waals surface area contributed by atoms with E-state index in [-0.39, 0.29) is 18.3 Å². The Kier molecular flexibility index (Phi) is 7.09. The molecule has 0 saturated carbocycles. The van der Waals surface area contributed by atoms with E-state index in [1.165, 1.54) is 5.56 Å². The maximum atomic E-state index is 12.4. The molecule has 4 heteroatoms. The van der Waals surface area contributed by atoms with Gasteiger partial charge in [0.25, 0.3) is 0 Å². The van der Waals surface area contributed by atoms with Crippen molar-refractivity contribution in [1.82, 2.24) is 0 Å². The minimum atomic E-state index is -0.447. The van der Waals surface area contributed by atoms with Gasteiger partial charge in [-0.05, 0) is 38.3 Å². The summed E-state index contributed by atoms with van der Waals surface area (Å²) in [6.45, 7) is 8.46. The van der Waals surface area contributed by atoms with Gasteiger partial charge in [0.15, 0.2) is 0 Å². The van der Waals surface area contributed by atoms with Gasteiger partial charge in [-0.25, -0.2) is 0 Å². The van der Waals surface area contributed by atoms with Crippen LogP contribution in [0.1, 0.15) is 37.8 Å². The lowest BCUT2D eigenvalue weighted by atomic mass is 9.81. The fourth-order valence-electron chi connectivity index (χ4n) is 2.16. The second-order valence-electron chi connectivity index (χ2n) is 4.96. The Labute approximate surface area is 122 Å². The molecule has 0 aliphatic rings. The largest absolute Gasteiger partial charge is 0.329 e. The molecule has 1 aromatic carbocycles. The molecule has 0 saturated heterocycles. The van der Waals surface area contributed by atoms with Gasteiger partial charge < -0.3 is 11.1 Å². The number of carbonyl (C=O) groups is 1. The highest BCUT2D eigenvalue weighted by atomic mass is 35.5. The van der Waals surface area contributed by atoms with Gasteiger partial charge in [0.2, 0.25) is 5.91 Å². The van der Waals surface area contributed by atoms with Crippen molar-refractivity contribution in [3.63, 3.8) is 0 Å². The van der Waals surface area contributed by atoms with Crippen LogP contribution in [0.15, 0.2) is 18.2 Å². The number of benzene rings is 1. The second-order valence-corrected chi connectivity index (χ2v) is 4.96. The molecule has 0 radical (unpaired) electrons. The van der Waals surface area contributed by atoms with E-state index in [4.69, 9.17) is 5.73 Å². The number of carbonyl (C=O) groups excluding carboxylic acids is 1. The first-order chi connectivity index (χ1) is 8.49. The van der Waals surface area contributed by atoms with E-state index in [0.717, 1.165) is 24.1 Å². The van der Waals surface area contributed by atoms with E-state index in [1.807, 2.05) is 39.8 Å². The van der Waals surface area contributed by atoms with Crippen LogP contribution in [0.4, 0.5) is 5.69 Å². The Hall–Kier alpha value is -1.06. The fraction of sp³-hybridized carbons (Fsp3) is 0.533. The number of hydrogen-bond acceptors (Lipinski definition) is 2. The Morgan fingerprint density at radius 3 is 2.26 bits per heavy atom. The van der Waals surface area contributed by atoms with E-state index in [2.05, 4.69) is 11.4 Å². The molecule has 1 rings (SSSR count). The number of halogens is 1. The second kappa shape index (κ2) is 7.51. The fourth-order valence-corrected chi connectivity index (χ4v) is 2.16. The molecule has 1 aromatic rings. The van der Waals surface area contributed by atoms with Crippen LogP contribution in [0.5, 0.6) is 0 Å². The molecule has 0 aromatic heterocycles. The van der Waals surface area contributed by atoms with Crippen molar-refractivity contribution in [2.75, 3.05) is 11.9 Å². The van der Waals surface area contributed by atoms with Crippen LogP contribution in [0.2, 0.25) is 0 Å². The summed E-state index contributed by atoms with van der Waals surface area (Å²) < 4.78 is 0. The zero-order chi connectivity index (χ0) is 13.8. The molecule has 0 aliphatic heterocycles. The Balaban J connectivity index is 0.00000324. The summed E-state index contributed by atoms with van der Waals surface area (Å²) in [5.74, 6) is 0.0296. The van der Waals surface area contributed by atoms with Gasteiger partial charge in [-0.1, -0.05) is 31.5 Å². The maximum Gasteiger partial charge on any atom is 0.231 e. The quantitative estimate of drug-likeness (QED) is 0.870. The highest BCUT2D eigenvalue weighted by Gasteiger charge is 2.33. The van der Waals surface area contributed by atoms with E-state index < -0.39 is 5.41 Å². The first-order valence-corrected chi connectivity index (χ1v) is 6.58. The highest BCUT2D eigenvalue weighted by molar-refractivity contribution is 5.96. The first-order valence-electron chi connectivity index (χ1n) is 6.58. The minimum absolute atomic E-state index is 0. The summed E-state index contributed by atoms with van der Waals surface area (Å²) in [5.41, 5.74) is 8.50. The predicted octanol–water partition coefficient (Wildman–Crippen LogP) is 3.43. The molecule has 19 heavy (non-hydrogen) atoms. The van der Waals surface area contributed by atoms with Crippen molar-refractivity contribution < 1.29 is 4.79 Å². The number of nitrogens with two attached hydrogens (primary N) is 1. The monoisotopic (exact) mass is 284 g/mol. The van der Waals surface area contributed by atoms with Gasteiger partial charge >= 0.3 is 0 Å². The average molecular weight is 285 g/mol. The lowest BCUT2D eigenvalue weighted by molar-refractivity contribution is -0.125. The molecule has 0 fully saturated rings. The molecule has 0 aliphatic carbocycles. The number of aryl methyl sites for hydroxylation is 2. The van der Waals surface area contributed by atoms with Gasteiger partial charge in [-0.15, -0.1) is 12.4 Å². The summed E-state index contributed by atoms with van der Waals surface area (Å²) >= 11 is 0. The zero-order valence-electron chi connectivity index (χ0n) is 12.2. The van der Waals surface area contributed by atoms with Crippen molar-refractivity contribution >= 4 is 24.0 Å². The van der Waals surface area contributed by atoms with Crippen LogP contribution in [0.3, 0.4) is 0 Å². The molecule has 0 bridgehead atoms. The maximum absolute atomic E-state index is 12.4. The SMILES string of the molecule is CCC(CC)(CN)C(=O)Nc1ccc(C)cc1C.Cl. The van der Waals surface area contributed by atoms with Gasteiger partial charge in [-0.3, -0.25) is 4.79 Å². The van der Waals surface area contributed by atoms with Gasteiger partial charge in [0, 0.05) is 12.2 Å². The van der Waals surface area contributed by atoms with Crippen LogP contribution in [0.25, 0.3) is 0 Å². The number of hydrogen-bond donors (Lipinski definition) is 2. The van der Waals surface area contributed by atoms with Crippen LogP contribution in [-0.2, 0) is 4.79 Å². The Morgan fingerprint density at radius 2 is 1.84 bits per heavy atom. The minimum Gasteiger partial charge on any atom is -0.329 e. The van der Waals surface area contributed by atoms with E-state index in [9.17, 15) is 4.79 Å². The third kappa shape index (κ3) is 3.95. The lowest BCUT2D eigenvalue weighted by Crippen LogP contribution is -2.41. The zero-order valence-corrected chi connectivity index (χ0v) is 13.1. The smallest absolute Gasteiger partial charge is 0.231 e. The summed E-state index contributed by atoms with van der Waals surface area (Å²) in [7, 11) is 0. The molecule has 0 heterocycles. The van der Waals surface area contributed by atoms with Crippen LogP contribution >= 0.6 is 12.4 Å². The molecule has 1 amide bonds. The van der Waals surface area contributed by atoms with Crippen molar-refractivity contribution in [2.24, 2.45) is 11.1 Å². The summed E-state index contributed by atoms with van der Waals surface area (Å²) in [5, 5.41) is 3.01. The van der Waals surface area contributed by atoms with Crippen molar-refractivity contribution in [1.29, 1.82) is 0 Å². The lowest BCUT2D eigenvalue weighted by Gasteiger charge is -2.28. The molecule has 108 valence electrons. The standard InChI is InChI=1S/C15H24N2O.ClH/c1-5-15(6-2,10-16)14(18)17-13-8-7-11(3)9-12(13)4;/h7-9H,5-6,10,16H2,1-4H3,(H,17,18);1H. The number of nitrogens with one attached hydrogen (secondary N) is 1. The molecule has 0 atom stereocenters. The molecule has 3 nitrogen and oxygen atoms in total. The summed E-state index contributed by atoms with van der Waals surface area (Å²) in [6, 6.07) is 6.03. The van der Waals surface area contributed by atoms with Crippen LogP contribution in [-0.4, -0.2) is 12.5 Å².